The molecule has 184 valence electrons. The maximum atomic E-state index is 13.5. The van der Waals surface area contributed by atoms with Crippen molar-refractivity contribution in [3.8, 4) is 5.75 Å². The molecular formula is C19H21F6N3O5. The minimum Gasteiger partial charge on any atom is -0.485 e. The van der Waals surface area contributed by atoms with Crippen LogP contribution in [0.2, 0.25) is 0 Å². The number of aliphatic hydroxyl groups excluding tert-OH is 1. The third kappa shape index (κ3) is 5.86. The van der Waals surface area contributed by atoms with Crippen molar-refractivity contribution in [2.75, 3.05) is 18.5 Å². The van der Waals surface area contributed by atoms with Gasteiger partial charge in [0, 0.05) is 19.1 Å². The van der Waals surface area contributed by atoms with Gasteiger partial charge in [-0.25, -0.2) is 4.39 Å². The second-order valence-corrected chi connectivity index (χ2v) is 7.76. The third-order valence-corrected chi connectivity index (χ3v) is 4.85. The Morgan fingerprint density at radius 3 is 2.36 bits per heavy atom. The average Bonchev–Trinajstić information content (AvgIpc) is 2.82. The van der Waals surface area contributed by atoms with E-state index >= 15 is 0 Å². The first kappa shape index (κ1) is 26.2. The molecule has 2 rings (SSSR count). The van der Waals surface area contributed by atoms with Crippen LogP contribution < -0.4 is 20.7 Å². The Morgan fingerprint density at radius 2 is 1.79 bits per heavy atom. The summed E-state index contributed by atoms with van der Waals surface area (Å²) in [7, 11) is 0. The van der Waals surface area contributed by atoms with Crippen LogP contribution in [-0.2, 0) is 14.4 Å². The van der Waals surface area contributed by atoms with Gasteiger partial charge < -0.3 is 25.8 Å². The highest BCUT2D eigenvalue weighted by Crippen LogP contribution is 2.35. The average molecular weight is 485 g/mol. The lowest BCUT2D eigenvalue weighted by Crippen LogP contribution is -2.58. The number of anilines is 1. The van der Waals surface area contributed by atoms with E-state index in [4.69, 9.17) is 4.74 Å². The molecule has 0 spiro atoms. The van der Waals surface area contributed by atoms with Crippen molar-refractivity contribution >= 4 is 23.4 Å². The van der Waals surface area contributed by atoms with Crippen LogP contribution in [0.15, 0.2) is 18.2 Å². The van der Waals surface area contributed by atoms with Crippen LogP contribution in [0.5, 0.6) is 5.75 Å². The third-order valence-electron chi connectivity index (χ3n) is 4.85. The summed E-state index contributed by atoms with van der Waals surface area (Å²) in [4.78, 5) is 37.5. The van der Waals surface area contributed by atoms with Crippen LogP contribution in [0.4, 0.5) is 32.0 Å². The lowest BCUT2D eigenvalue weighted by Gasteiger charge is -2.29. The Balaban J connectivity index is 2.18. The SMILES string of the molecule is CC(C)(C(=O)NCC(F)(F)C(F)(F)F)C(=O)N[C@@H]1C(=O)Nc2cc(F)ccc2O[C@H]1CCO. The molecule has 1 heterocycles. The lowest BCUT2D eigenvalue weighted by molar-refractivity contribution is -0.278. The Morgan fingerprint density at radius 1 is 1.15 bits per heavy atom. The van der Waals surface area contributed by atoms with E-state index in [1.807, 2.05) is 0 Å². The number of alkyl halides is 5. The summed E-state index contributed by atoms with van der Waals surface area (Å²) in [6.07, 6.45) is -7.27. The molecule has 1 aromatic carbocycles. The molecule has 4 N–H and O–H groups in total. The van der Waals surface area contributed by atoms with Gasteiger partial charge in [0.25, 0.3) is 5.91 Å². The highest BCUT2D eigenvalue weighted by molar-refractivity contribution is 6.07. The molecular weight excluding hydrogens is 464 g/mol. The molecule has 1 aliphatic rings. The van der Waals surface area contributed by atoms with E-state index < -0.39 is 66.4 Å². The largest absolute Gasteiger partial charge is 0.485 e. The van der Waals surface area contributed by atoms with Gasteiger partial charge in [-0.15, -0.1) is 0 Å². The zero-order valence-corrected chi connectivity index (χ0v) is 17.4. The molecule has 14 heteroatoms. The molecule has 2 atom stereocenters. The number of carbonyl (C=O) groups is 3. The summed E-state index contributed by atoms with van der Waals surface area (Å²) in [6, 6.07) is 1.68. The number of rotatable bonds is 7. The zero-order chi connectivity index (χ0) is 25.2. The lowest BCUT2D eigenvalue weighted by atomic mass is 9.90. The van der Waals surface area contributed by atoms with Crippen molar-refractivity contribution in [1.82, 2.24) is 10.6 Å². The number of ether oxygens (including phenoxy) is 1. The fourth-order valence-corrected chi connectivity index (χ4v) is 2.76. The van der Waals surface area contributed by atoms with E-state index in [2.05, 4.69) is 10.6 Å². The highest BCUT2D eigenvalue weighted by Gasteiger charge is 2.57. The first-order valence-electron chi connectivity index (χ1n) is 9.52. The van der Waals surface area contributed by atoms with E-state index in [1.165, 1.54) is 11.4 Å². The molecule has 1 aromatic rings. The van der Waals surface area contributed by atoms with Crippen molar-refractivity contribution in [3.05, 3.63) is 24.0 Å². The minimum absolute atomic E-state index is 0.0336. The molecule has 0 aliphatic carbocycles. The number of nitrogens with one attached hydrogen (secondary N) is 3. The predicted octanol–water partition coefficient (Wildman–Crippen LogP) is 1.73. The number of benzene rings is 1. The number of halogens is 6. The maximum Gasteiger partial charge on any atom is 0.455 e. The van der Waals surface area contributed by atoms with Gasteiger partial charge >= 0.3 is 12.1 Å². The van der Waals surface area contributed by atoms with Gasteiger partial charge in [-0.05, 0) is 26.0 Å². The Bertz CT molecular complexity index is 922. The van der Waals surface area contributed by atoms with E-state index in [1.54, 1.807) is 0 Å². The van der Waals surface area contributed by atoms with Crippen LogP contribution in [0.1, 0.15) is 20.3 Å². The summed E-state index contributed by atoms with van der Waals surface area (Å²) < 4.78 is 82.2. The summed E-state index contributed by atoms with van der Waals surface area (Å²) in [5.74, 6) is -9.44. The molecule has 0 radical (unpaired) electrons. The molecule has 0 bridgehead atoms. The van der Waals surface area contributed by atoms with Crippen LogP contribution in [0.3, 0.4) is 0 Å². The number of amides is 3. The quantitative estimate of drug-likeness (QED) is 0.347. The van der Waals surface area contributed by atoms with Gasteiger partial charge in [0.1, 0.15) is 29.1 Å². The Hall–Kier alpha value is -3.03. The van der Waals surface area contributed by atoms with Gasteiger partial charge in [-0.3, -0.25) is 14.4 Å². The van der Waals surface area contributed by atoms with Crippen molar-refractivity contribution in [3.63, 3.8) is 0 Å². The fraction of sp³-hybridized carbons (Fsp3) is 0.526. The molecule has 1 aliphatic heterocycles. The zero-order valence-electron chi connectivity index (χ0n) is 17.4. The number of hydrogen-bond donors (Lipinski definition) is 4. The van der Waals surface area contributed by atoms with Gasteiger partial charge in [0.15, 0.2) is 0 Å². The summed E-state index contributed by atoms with van der Waals surface area (Å²) >= 11 is 0. The summed E-state index contributed by atoms with van der Waals surface area (Å²) in [5, 5.41) is 15.2. The number of hydrogen-bond acceptors (Lipinski definition) is 5. The van der Waals surface area contributed by atoms with Gasteiger partial charge in [-0.2, -0.15) is 22.0 Å². The molecule has 33 heavy (non-hydrogen) atoms. The molecule has 8 nitrogen and oxygen atoms in total. The van der Waals surface area contributed by atoms with Crippen LogP contribution in [0.25, 0.3) is 0 Å². The molecule has 0 saturated carbocycles. The van der Waals surface area contributed by atoms with Crippen molar-refractivity contribution in [2.45, 2.75) is 44.5 Å². The normalized spacial score (nSPS) is 19.0. The minimum atomic E-state index is -5.91. The number of aliphatic hydroxyl groups is 1. The molecule has 0 fully saturated rings. The first-order chi connectivity index (χ1) is 15.1. The topological polar surface area (TPSA) is 117 Å². The second kappa shape index (κ2) is 9.45. The van der Waals surface area contributed by atoms with Crippen LogP contribution in [0, 0.1) is 11.2 Å². The Labute approximate surface area is 183 Å². The highest BCUT2D eigenvalue weighted by atomic mass is 19.4. The maximum absolute atomic E-state index is 13.5. The van der Waals surface area contributed by atoms with Gasteiger partial charge in [-0.1, -0.05) is 0 Å². The molecule has 0 unspecified atom stereocenters. The monoisotopic (exact) mass is 485 g/mol. The van der Waals surface area contributed by atoms with Crippen LogP contribution in [-0.4, -0.2) is 60.2 Å². The fourth-order valence-electron chi connectivity index (χ4n) is 2.76. The van der Waals surface area contributed by atoms with E-state index in [-0.39, 0.29) is 17.9 Å². The van der Waals surface area contributed by atoms with Crippen molar-refractivity contribution < 1.29 is 50.6 Å². The van der Waals surface area contributed by atoms with Crippen molar-refractivity contribution in [1.29, 1.82) is 0 Å². The number of carbonyl (C=O) groups excluding carboxylic acids is 3. The van der Waals surface area contributed by atoms with Gasteiger partial charge in [0.2, 0.25) is 11.8 Å². The van der Waals surface area contributed by atoms with Gasteiger partial charge in [0.05, 0.1) is 12.2 Å². The summed E-state index contributed by atoms with van der Waals surface area (Å²) in [6.45, 7) is -0.682. The predicted molar refractivity (Wildman–Crippen MR) is 101 cm³/mol. The molecule has 0 aromatic heterocycles. The first-order valence-corrected chi connectivity index (χ1v) is 9.52. The Kier molecular flexibility index (Phi) is 7.51. The summed E-state index contributed by atoms with van der Waals surface area (Å²) in [5.41, 5.74) is -2.25. The smallest absolute Gasteiger partial charge is 0.455 e. The standard InChI is InChI=1S/C19H21F6N3O5/c1-17(2,15(31)26-8-18(21,22)19(23,24)25)16(32)28-13-12(5-6-29)33-11-4-3-9(20)7-10(11)27-14(13)30/h3-4,7,12-13,29H,5-6,8H2,1-2H3,(H,26,31)(H,27,30)(H,28,32)/t12-,13-/m0/s1. The molecule has 3 amide bonds. The number of fused-ring (bicyclic) bond motifs is 1. The van der Waals surface area contributed by atoms with Crippen molar-refractivity contribution in [2.24, 2.45) is 5.41 Å². The van der Waals surface area contributed by atoms with Crippen LogP contribution >= 0.6 is 0 Å². The van der Waals surface area contributed by atoms with E-state index in [0.29, 0.717) is 0 Å². The second-order valence-electron chi connectivity index (χ2n) is 7.76. The van der Waals surface area contributed by atoms with E-state index in [9.17, 15) is 45.8 Å². The molecule has 0 saturated heterocycles. The van der Waals surface area contributed by atoms with E-state index in [0.717, 1.165) is 26.0 Å².